The van der Waals surface area contributed by atoms with Crippen LogP contribution in [0.1, 0.15) is 5.56 Å². The fourth-order valence-corrected chi connectivity index (χ4v) is 4.47. The molecule has 168 valence electrons. The van der Waals surface area contributed by atoms with Gasteiger partial charge in [-0.1, -0.05) is 18.2 Å². The molecule has 0 aliphatic carbocycles. The maximum absolute atomic E-state index is 12.4. The highest BCUT2D eigenvalue weighted by Gasteiger charge is 2.20. The second kappa shape index (κ2) is 11.1. The van der Waals surface area contributed by atoms with Gasteiger partial charge in [0, 0.05) is 59.6 Å². The van der Waals surface area contributed by atoms with Crippen molar-refractivity contribution in [2.75, 3.05) is 58.4 Å². The molecule has 3 rings (SSSR count). The Labute approximate surface area is 184 Å². The van der Waals surface area contributed by atoms with Crippen LogP contribution in [-0.4, -0.2) is 77.7 Å². The molecule has 2 aromatic rings. The van der Waals surface area contributed by atoms with E-state index < -0.39 is 10.0 Å². The third-order valence-corrected chi connectivity index (χ3v) is 6.48. The number of benzene rings is 1. The third-order valence-electron chi connectivity index (χ3n) is 5.02. The summed E-state index contributed by atoms with van der Waals surface area (Å²) in [5.41, 5.74) is 0.864. The molecule has 1 aliphatic heterocycles. The molecule has 1 aliphatic rings. The predicted molar refractivity (Wildman–Crippen MR) is 122 cm³/mol. The molecule has 0 radical (unpaired) electrons. The predicted octanol–water partition coefficient (Wildman–Crippen LogP) is 0.904. The molecule has 2 heterocycles. The van der Waals surface area contributed by atoms with Gasteiger partial charge in [0.05, 0.1) is 11.5 Å². The molecule has 0 amide bonds. The summed E-state index contributed by atoms with van der Waals surface area (Å²) in [6.45, 7) is 4.41. The molecular formula is C21H30N6O3S. The zero-order chi connectivity index (χ0) is 22.1. The Morgan fingerprint density at radius 1 is 1.16 bits per heavy atom. The van der Waals surface area contributed by atoms with Crippen LogP contribution in [-0.2, 0) is 21.3 Å². The highest BCUT2D eigenvalue weighted by atomic mass is 32.2. The summed E-state index contributed by atoms with van der Waals surface area (Å²) in [7, 11) is -0.270. The van der Waals surface area contributed by atoms with Gasteiger partial charge < -0.3 is 19.9 Å². The van der Waals surface area contributed by atoms with Crippen molar-refractivity contribution in [1.82, 2.24) is 19.9 Å². The zero-order valence-electron chi connectivity index (χ0n) is 18.0. The van der Waals surface area contributed by atoms with Crippen LogP contribution in [0.4, 0.5) is 5.82 Å². The standard InChI is InChI=1S/C21H30N6O3S/c1-22-21(27-13-11-26(12-14-27)20-8-3-4-9-23-20)24-17-18-6-5-7-19(16-18)31(28,29)25-10-15-30-2/h3-9,16,25H,10-15,17H2,1-2H3,(H,22,24). The number of hydrogen-bond donors (Lipinski definition) is 2. The van der Waals surface area contributed by atoms with Gasteiger partial charge in [-0.3, -0.25) is 4.99 Å². The fourth-order valence-electron chi connectivity index (χ4n) is 3.39. The van der Waals surface area contributed by atoms with Gasteiger partial charge in [-0.2, -0.15) is 0 Å². The lowest BCUT2D eigenvalue weighted by Crippen LogP contribution is -2.52. The molecule has 31 heavy (non-hydrogen) atoms. The molecule has 9 nitrogen and oxygen atoms in total. The molecule has 0 spiro atoms. The van der Waals surface area contributed by atoms with Gasteiger partial charge in [-0.25, -0.2) is 18.1 Å². The van der Waals surface area contributed by atoms with Gasteiger partial charge in [0.2, 0.25) is 10.0 Å². The highest BCUT2D eigenvalue weighted by molar-refractivity contribution is 7.89. The molecular weight excluding hydrogens is 416 g/mol. The van der Waals surface area contributed by atoms with Crippen LogP contribution in [0.2, 0.25) is 0 Å². The zero-order valence-corrected chi connectivity index (χ0v) is 18.8. The van der Waals surface area contributed by atoms with Gasteiger partial charge in [-0.05, 0) is 29.8 Å². The van der Waals surface area contributed by atoms with E-state index in [1.807, 2.05) is 30.5 Å². The summed E-state index contributed by atoms with van der Waals surface area (Å²) in [5.74, 6) is 1.79. The van der Waals surface area contributed by atoms with E-state index in [1.54, 1.807) is 25.2 Å². The fraction of sp³-hybridized carbons (Fsp3) is 0.429. The number of pyridine rings is 1. The van der Waals surface area contributed by atoms with Crippen molar-refractivity contribution in [1.29, 1.82) is 0 Å². The Morgan fingerprint density at radius 2 is 1.97 bits per heavy atom. The van der Waals surface area contributed by atoms with Crippen molar-refractivity contribution in [2.45, 2.75) is 11.4 Å². The first kappa shape index (κ1) is 23.0. The average Bonchev–Trinajstić information content (AvgIpc) is 2.81. The lowest BCUT2D eigenvalue weighted by atomic mass is 10.2. The number of anilines is 1. The van der Waals surface area contributed by atoms with E-state index in [2.05, 4.69) is 29.8 Å². The van der Waals surface area contributed by atoms with E-state index in [1.165, 1.54) is 7.11 Å². The van der Waals surface area contributed by atoms with Crippen LogP contribution < -0.4 is 14.9 Å². The van der Waals surface area contributed by atoms with E-state index in [-0.39, 0.29) is 11.4 Å². The Hall–Kier alpha value is -2.69. The lowest BCUT2D eigenvalue weighted by Gasteiger charge is -2.37. The maximum atomic E-state index is 12.4. The van der Waals surface area contributed by atoms with Crippen LogP contribution in [0.15, 0.2) is 58.5 Å². The summed E-state index contributed by atoms with van der Waals surface area (Å²) in [6.07, 6.45) is 1.81. The minimum absolute atomic E-state index is 0.235. The number of piperazine rings is 1. The minimum Gasteiger partial charge on any atom is -0.383 e. The number of methoxy groups -OCH3 is 1. The molecule has 1 aromatic heterocycles. The van der Waals surface area contributed by atoms with E-state index in [4.69, 9.17) is 4.74 Å². The first-order valence-electron chi connectivity index (χ1n) is 10.2. The quantitative estimate of drug-likeness (QED) is 0.353. The molecule has 0 bridgehead atoms. The molecule has 1 fully saturated rings. The second-order valence-electron chi connectivity index (χ2n) is 7.10. The number of nitrogens with one attached hydrogen (secondary N) is 2. The molecule has 10 heteroatoms. The Morgan fingerprint density at radius 3 is 2.65 bits per heavy atom. The summed E-state index contributed by atoms with van der Waals surface area (Å²) in [6, 6.07) is 12.8. The van der Waals surface area contributed by atoms with Crippen molar-refractivity contribution in [3.05, 3.63) is 54.2 Å². The number of sulfonamides is 1. The maximum Gasteiger partial charge on any atom is 0.240 e. The Balaban J connectivity index is 1.55. The minimum atomic E-state index is -3.56. The molecule has 2 N–H and O–H groups in total. The summed E-state index contributed by atoms with van der Waals surface area (Å²) in [4.78, 5) is 13.5. The van der Waals surface area contributed by atoms with Crippen LogP contribution in [0.25, 0.3) is 0 Å². The van der Waals surface area contributed by atoms with Gasteiger partial charge in [0.15, 0.2) is 5.96 Å². The molecule has 1 aromatic carbocycles. The van der Waals surface area contributed by atoms with E-state index in [0.29, 0.717) is 13.2 Å². The van der Waals surface area contributed by atoms with Crippen molar-refractivity contribution in [3.8, 4) is 0 Å². The Kier molecular flexibility index (Phi) is 8.21. The van der Waals surface area contributed by atoms with Gasteiger partial charge >= 0.3 is 0 Å². The van der Waals surface area contributed by atoms with E-state index >= 15 is 0 Å². The SMILES string of the molecule is CN=C(NCc1cccc(S(=O)(=O)NCCOC)c1)N1CCN(c2ccccn2)CC1. The van der Waals surface area contributed by atoms with Crippen molar-refractivity contribution in [2.24, 2.45) is 4.99 Å². The summed E-state index contributed by atoms with van der Waals surface area (Å²) in [5, 5.41) is 3.35. The smallest absolute Gasteiger partial charge is 0.240 e. The van der Waals surface area contributed by atoms with Crippen LogP contribution >= 0.6 is 0 Å². The van der Waals surface area contributed by atoms with Crippen LogP contribution in [0.3, 0.4) is 0 Å². The number of rotatable bonds is 8. The Bertz CT molecular complexity index is 960. The molecule has 0 atom stereocenters. The van der Waals surface area contributed by atoms with Crippen molar-refractivity contribution < 1.29 is 13.2 Å². The van der Waals surface area contributed by atoms with Gasteiger partial charge in [0.1, 0.15) is 5.82 Å². The number of guanidine groups is 1. The first-order valence-corrected chi connectivity index (χ1v) is 11.7. The first-order chi connectivity index (χ1) is 15.0. The second-order valence-corrected chi connectivity index (χ2v) is 8.87. The van der Waals surface area contributed by atoms with E-state index in [0.717, 1.165) is 43.5 Å². The largest absolute Gasteiger partial charge is 0.383 e. The van der Waals surface area contributed by atoms with Crippen LogP contribution in [0.5, 0.6) is 0 Å². The highest BCUT2D eigenvalue weighted by Crippen LogP contribution is 2.14. The van der Waals surface area contributed by atoms with Crippen LogP contribution in [0, 0.1) is 0 Å². The van der Waals surface area contributed by atoms with Crippen molar-refractivity contribution in [3.63, 3.8) is 0 Å². The monoisotopic (exact) mass is 446 g/mol. The summed E-state index contributed by atoms with van der Waals surface area (Å²) >= 11 is 0. The molecule has 0 saturated carbocycles. The normalized spacial score (nSPS) is 15.2. The van der Waals surface area contributed by atoms with Gasteiger partial charge in [0.25, 0.3) is 0 Å². The average molecular weight is 447 g/mol. The van der Waals surface area contributed by atoms with Gasteiger partial charge in [-0.15, -0.1) is 0 Å². The topological polar surface area (TPSA) is 99.2 Å². The lowest BCUT2D eigenvalue weighted by molar-refractivity contribution is 0.204. The molecule has 1 saturated heterocycles. The number of nitrogens with zero attached hydrogens (tertiary/aromatic N) is 4. The number of ether oxygens (including phenoxy) is 1. The number of aromatic nitrogens is 1. The van der Waals surface area contributed by atoms with E-state index in [9.17, 15) is 8.42 Å². The third kappa shape index (κ3) is 6.39. The van der Waals surface area contributed by atoms with Crippen molar-refractivity contribution >= 4 is 21.8 Å². The molecule has 0 unspecified atom stereocenters. The number of aliphatic imine (C=N–C) groups is 1. The summed E-state index contributed by atoms with van der Waals surface area (Å²) < 4.78 is 32.3. The number of hydrogen-bond acceptors (Lipinski definition) is 6.